The van der Waals surface area contributed by atoms with Crippen LogP contribution in [0.25, 0.3) is 0 Å². The van der Waals surface area contributed by atoms with E-state index < -0.39 is 0 Å². The minimum Gasteiger partial charge on any atom is -0.342 e. The Morgan fingerprint density at radius 2 is 1.90 bits per heavy atom. The highest BCUT2D eigenvalue weighted by Gasteiger charge is 2.46. The van der Waals surface area contributed by atoms with Crippen molar-refractivity contribution >= 4 is 18.3 Å². The molecule has 0 bridgehead atoms. The fourth-order valence-electron chi connectivity index (χ4n) is 3.85. The van der Waals surface area contributed by atoms with E-state index in [4.69, 9.17) is 0 Å². The maximum absolute atomic E-state index is 12.8. The first kappa shape index (κ1) is 17.8. The molecule has 2 rings (SSSR count). The van der Waals surface area contributed by atoms with Crippen molar-refractivity contribution in [3.63, 3.8) is 0 Å². The van der Waals surface area contributed by atoms with Crippen molar-refractivity contribution in [1.29, 1.82) is 0 Å². The molecule has 1 heterocycles. The predicted octanol–water partition coefficient (Wildman–Crippen LogP) is 3.08. The Kier molecular flexibility index (Phi) is 6.80. The summed E-state index contributed by atoms with van der Waals surface area (Å²) in [4.78, 5) is 15.0. The molecular weight excluding hydrogens is 272 g/mol. The molecule has 1 saturated heterocycles. The lowest BCUT2D eigenvalue weighted by atomic mass is 9.63. The summed E-state index contributed by atoms with van der Waals surface area (Å²) >= 11 is 0. The summed E-state index contributed by atoms with van der Waals surface area (Å²) in [6, 6.07) is 0. The molecule has 118 valence electrons. The third-order valence-corrected chi connectivity index (χ3v) is 4.96. The van der Waals surface area contributed by atoms with E-state index in [0.717, 1.165) is 44.8 Å². The third-order valence-electron chi connectivity index (χ3n) is 4.96. The average molecular weight is 303 g/mol. The van der Waals surface area contributed by atoms with Gasteiger partial charge >= 0.3 is 0 Å². The Morgan fingerprint density at radius 1 is 1.30 bits per heavy atom. The number of hydrogen-bond donors (Lipinski definition) is 1. The number of nitrogens with zero attached hydrogens (tertiary/aromatic N) is 1. The molecular formula is C16H31ClN2O. The van der Waals surface area contributed by atoms with Crippen LogP contribution in [0.3, 0.4) is 0 Å². The van der Waals surface area contributed by atoms with Crippen LogP contribution in [0.4, 0.5) is 0 Å². The fourth-order valence-corrected chi connectivity index (χ4v) is 3.85. The first-order valence-electron chi connectivity index (χ1n) is 8.01. The summed E-state index contributed by atoms with van der Waals surface area (Å²) in [6.45, 7) is 7.54. The monoisotopic (exact) mass is 302 g/mol. The zero-order chi connectivity index (χ0) is 13.9. The second-order valence-electron chi connectivity index (χ2n) is 7.03. The van der Waals surface area contributed by atoms with Gasteiger partial charge in [0.1, 0.15) is 0 Å². The van der Waals surface area contributed by atoms with Crippen molar-refractivity contribution in [2.75, 3.05) is 26.7 Å². The van der Waals surface area contributed by atoms with Crippen LogP contribution in [0.15, 0.2) is 0 Å². The maximum Gasteiger partial charge on any atom is 0.228 e. The van der Waals surface area contributed by atoms with E-state index in [-0.39, 0.29) is 17.8 Å². The summed E-state index contributed by atoms with van der Waals surface area (Å²) in [7, 11) is 2.02. The first-order valence-corrected chi connectivity index (χ1v) is 8.01. The van der Waals surface area contributed by atoms with Gasteiger partial charge in [0.2, 0.25) is 5.91 Å². The highest BCUT2D eigenvalue weighted by atomic mass is 35.5. The van der Waals surface area contributed by atoms with Gasteiger partial charge in [0, 0.05) is 18.5 Å². The van der Waals surface area contributed by atoms with Crippen molar-refractivity contribution in [3.05, 3.63) is 0 Å². The van der Waals surface area contributed by atoms with Gasteiger partial charge in [-0.3, -0.25) is 4.79 Å². The molecule has 1 aliphatic heterocycles. The number of nitrogens with one attached hydrogen (secondary N) is 1. The van der Waals surface area contributed by atoms with Crippen molar-refractivity contribution in [1.82, 2.24) is 10.2 Å². The normalized spacial score (nSPS) is 22.3. The highest BCUT2D eigenvalue weighted by Crippen LogP contribution is 2.47. The quantitative estimate of drug-likeness (QED) is 0.846. The summed E-state index contributed by atoms with van der Waals surface area (Å²) in [5.74, 6) is 1.86. The van der Waals surface area contributed by atoms with Gasteiger partial charge in [-0.2, -0.15) is 0 Å². The van der Waals surface area contributed by atoms with Gasteiger partial charge in [-0.15, -0.1) is 12.4 Å². The van der Waals surface area contributed by atoms with Crippen LogP contribution < -0.4 is 5.32 Å². The number of amides is 1. The molecule has 1 saturated carbocycles. The van der Waals surface area contributed by atoms with E-state index in [1.807, 2.05) is 7.05 Å². The number of likely N-dealkylation sites (tertiary alicyclic amines) is 1. The van der Waals surface area contributed by atoms with Crippen LogP contribution in [0.1, 0.15) is 52.4 Å². The Bertz CT molecular complexity index is 308. The molecule has 0 spiro atoms. The van der Waals surface area contributed by atoms with E-state index in [1.54, 1.807) is 0 Å². The van der Waals surface area contributed by atoms with Gasteiger partial charge in [0.25, 0.3) is 0 Å². The smallest absolute Gasteiger partial charge is 0.228 e. The number of rotatable bonds is 5. The number of carbonyl (C=O) groups is 1. The lowest BCUT2D eigenvalue weighted by Crippen LogP contribution is -2.51. The molecule has 1 amide bonds. The van der Waals surface area contributed by atoms with Crippen LogP contribution in [0.2, 0.25) is 0 Å². The number of halogens is 1. The van der Waals surface area contributed by atoms with Crippen LogP contribution in [0.5, 0.6) is 0 Å². The molecule has 4 heteroatoms. The molecule has 0 atom stereocenters. The summed E-state index contributed by atoms with van der Waals surface area (Å²) in [5.41, 5.74) is 0.0179. The Hall–Kier alpha value is -0.280. The van der Waals surface area contributed by atoms with E-state index in [1.165, 1.54) is 19.3 Å². The molecule has 0 radical (unpaired) electrons. The Morgan fingerprint density at radius 3 is 2.30 bits per heavy atom. The van der Waals surface area contributed by atoms with E-state index in [0.29, 0.717) is 11.8 Å². The van der Waals surface area contributed by atoms with Crippen LogP contribution in [0, 0.1) is 17.3 Å². The van der Waals surface area contributed by atoms with Gasteiger partial charge in [-0.1, -0.05) is 20.3 Å². The predicted molar refractivity (Wildman–Crippen MR) is 86.2 cm³/mol. The van der Waals surface area contributed by atoms with Gasteiger partial charge in [0.15, 0.2) is 0 Å². The van der Waals surface area contributed by atoms with E-state index in [9.17, 15) is 4.79 Å². The zero-order valence-electron chi connectivity index (χ0n) is 13.3. The summed E-state index contributed by atoms with van der Waals surface area (Å²) in [6.07, 6.45) is 6.92. The molecule has 0 aromatic rings. The van der Waals surface area contributed by atoms with Crippen molar-refractivity contribution in [3.8, 4) is 0 Å². The fraction of sp³-hybridized carbons (Fsp3) is 0.938. The molecule has 3 nitrogen and oxygen atoms in total. The molecule has 2 fully saturated rings. The second-order valence-corrected chi connectivity index (χ2v) is 7.03. The largest absolute Gasteiger partial charge is 0.342 e. The topological polar surface area (TPSA) is 32.3 Å². The highest BCUT2D eigenvalue weighted by molar-refractivity contribution is 5.85. The molecule has 0 aromatic carbocycles. The van der Waals surface area contributed by atoms with Crippen LogP contribution in [-0.2, 0) is 4.79 Å². The Balaban J connectivity index is 0.00000200. The minimum atomic E-state index is 0. The number of piperidine rings is 1. The molecule has 1 aliphatic carbocycles. The number of carbonyl (C=O) groups excluding carboxylic acids is 1. The standard InChI is InChI=1S/C16H30N2O.ClH/c1-13(2)11-16(7-4-8-16)15(19)18-9-5-14(6-10-18)12-17-3;/h13-14,17H,4-12H2,1-3H3;1H. The van der Waals surface area contributed by atoms with E-state index >= 15 is 0 Å². The van der Waals surface area contributed by atoms with Crippen molar-refractivity contribution in [2.24, 2.45) is 17.3 Å². The van der Waals surface area contributed by atoms with Gasteiger partial charge in [-0.25, -0.2) is 0 Å². The van der Waals surface area contributed by atoms with Crippen LogP contribution in [-0.4, -0.2) is 37.5 Å². The van der Waals surface area contributed by atoms with Crippen molar-refractivity contribution < 1.29 is 4.79 Å². The van der Waals surface area contributed by atoms with E-state index in [2.05, 4.69) is 24.1 Å². The molecule has 2 aliphatic rings. The summed E-state index contributed by atoms with van der Waals surface area (Å²) < 4.78 is 0. The summed E-state index contributed by atoms with van der Waals surface area (Å²) in [5, 5.41) is 3.26. The lowest BCUT2D eigenvalue weighted by molar-refractivity contribution is -0.150. The first-order chi connectivity index (χ1) is 9.07. The maximum atomic E-state index is 12.8. The van der Waals surface area contributed by atoms with Gasteiger partial charge < -0.3 is 10.2 Å². The molecule has 0 aromatic heterocycles. The van der Waals surface area contributed by atoms with Gasteiger partial charge in [0.05, 0.1) is 0 Å². The van der Waals surface area contributed by atoms with Crippen LogP contribution >= 0.6 is 12.4 Å². The SMILES string of the molecule is CNCC1CCN(C(=O)C2(CC(C)C)CCC2)CC1.Cl. The number of hydrogen-bond acceptors (Lipinski definition) is 2. The zero-order valence-corrected chi connectivity index (χ0v) is 14.1. The average Bonchev–Trinajstić information content (AvgIpc) is 2.34. The molecule has 20 heavy (non-hydrogen) atoms. The van der Waals surface area contributed by atoms with Crippen molar-refractivity contribution in [2.45, 2.75) is 52.4 Å². The Labute approximate surface area is 130 Å². The minimum absolute atomic E-state index is 0. The van der Waals surface area contributed by atoms with Gasteiger partial charge in [-0.05, 0) is 57.5 Å². The molecule has 0 unspecified atom stereocenters. The lowest BCUT2D eigenvalue weighted by Gasteiger charge is -2.46. The second kappa shape index (κ2) is 7.65. The molecule has 1 N–H and O–H groups in total. The third kappa shape index (κ3) is 3.88.